The number of nitrogens with zero attached hydrogens (tertiary/aromatic N) is 1. The number of hydrogen-bond donors (Lipinski definition) is 1. The lowest BCUT2D eigenvalue weighted by molar-refractivity contribution is 0.184. The number of rotatable bonds is 4. The third-order valence-electron chi connectivity index (χ3n) is 3.43. The normalized spacial score (nSPS) is 18.5. The van der Waals surface area contributed by atoms with Crippen LogP contribution in [0.4, 0.5) is 0 Å². The van der Waals surface area contributed by atoms with E-state index >= 15 is 0 Å². The lowest BCUT2D eigenvalue weighted by atomic mass is 10.0. The molecule has 88 valence electrons. The first-order valence-corrected chi connectivity index (χ1v) is 6.21. The Morgan fingerprint density at radius 1 is 1.38 bits per heavy atom. The zero-order valence-corrected chi connectivity index (χ0v) is 10.7. The monoisotopic (exact) mass is 238 g/mol. The molecule has 2 nitrogen and oxygen atoms in total. The highest BCUT2D eigenvalue weighted by molar-refractivity contribution is 6.30. The van der Waals surface area contributed by atoms with Crippen LogP contribution in [0.2, 0.25) is 5.02 Å². The Kier molecular flexibility index (Phi) is 3.85. The van der Waals surface area contributed by atoms with Crippen LogP contribution in [0.1, 0.15) is 18.5 Å². The molecule has 2 rings (SSSR count). The van der Waals surface area contributed by atoms with E-state index in [1.54, 1.807) is 0 Å². The quantitative estimate of drug-likeness (QED) is 0.868. The molecule has 1 fully saturated rings. The van der Waals surface area contributed by atoms with Crippen LogP contribution in [0.5, 0.6) is 0 Å². The van der Waals surface area contributed by atoms with Crippen LogP contribution in [0.15, 0.2) is 24.3 Å². The van der Waals surface area contributed by atoms with E-state index in [0.29, 0.717) is 6.04 Å². The summed E-state index contributed by atoms with van der Waals surface area (Å²) in [7, 11) is 2.19. The zero-order chi connectivity index (χ0) is 11.5. The van der Waals surface area contributed by atoms with Crippen molar-refractivity contribution in [1.82, 2.24) is 10.2 Å². The first kappa shape index (κ1) is 11.9. The summed E-state index contributed by atoms with van der Waals surface area (Å²) in [4.78, 5) is 2.41. The molecule has 3 heteroatoms. The number of nitrogens with one attached hydrogen (secondary N) is 1. The van der Waals surface area contributed by atoms with Gasteiger partial charge in [-0.2, -0.15) is 0 Å². The highest BCUT2D eigenvalue weighted by atomic mass is 35.5. The van der Waals surface area contributed by atoms with Gasteiger partial charge in [0.05, 0.1) is 0 Å². The molecular formula is C13H19ClN2. The molecule has 0 radical (unpaired) electrons. The van der Waals surface area contributed by atoms with E-state index in [9.17, 15) is 0 Å². The number of benzene rings is 1. The number of halogens is 1. The minimum absolute atomic E-state index is 0.456. The van der Waals surface area contributed by atoms with Crippen LogP contribution in [-0.2, 0) is 0 Å². The molecule has 0 aromatic heterocycles. The van der Waals surface area contributed by atoms with Crippen LogP contribution in [-0.4, -0.2) is 31.6 Å². The van der Waals surface area contributed by atoms with Crippen LogP contribution in [0.3, 0.4) is 0 Å². The van der Waals surface area contributed by atoms with Crippen LogP contribution < -0.4 is 5.32 Å². The first-order valence-electron chi connectivity index (χ1n) is 5.83. The molecule has 1 aromatic rings. The summed E-state index contributed by atoms with van der Waals surface area (Å²) in [6.07, 6.45) is 0. The highest BCUT2D eigenvalue weighted by Gasteiger charge is 2.21. The maximum atomic E-state index is 5.89. The molecule has 0 aliphatic carbocycles. The van der Waals surface area contributed by atoms with E-state index in [1.165, 1.54) is 5.56 Å². The van der Waals surface area contributed by atoms with Gasteiger partial charge in [-0.05, 0) is 37.6 Å². The molecule has 1 aliphatic heterocycles. The van der Waals surface area contributed by atoms with Gasteiger partial charge in [-0.3, -0.25) is 4.90 Å². The molecule has 1 heterocycles. The molecule has 0 bridgehead atoms. The SMILES string of the molecule is CC(c1ccc(Cl)cc1)N(C)CC1CNC1. The van der Waals surface area contributed by atoms with Crippen molar-refractivity contribution >= 4 is 11.6 Å². The number of hydrogen-bond acceptors (Lipinski definition) is 2. The Labute approximate surface area is 103 Å². The second kappa shape index (κ2) is 5.17. The Hall–Kier alpha value is -0.570. The van der Waals surface area contributed by atoms with Gasteiger partial charge in [-0.25, -0.2) is 0 Å². The molecule has 1 aliphatic rings. The van der Waals surface area contributed by atoms with Crippen molar-refractivity contribution < 1.29 is 0 Å². The molecule has 1 N–H and O–H groups in total. The van der Waals surface area contributed by atoms with Crippen molar-refractivity contribution in [1.29, 1.82) is 0 Å². The maximum Gasteiger partial charge on any atom is 0.0406 e. The van der Waals surface area contributed by atoms with Gasteiger partial charge in [0.25, 0.3) is 0 Å². The predicted molar refractivity (Wildman–Crippen MR) is 68.9 cm³/mol. The van der Waals surface area contributed by atoms with Gasteiger partial charge in [0.1, 0.15) is 0 Å². The van der Waals surface area contributed by atoms with Crippen molar-refractivity contribution in [3.05, 3.63) is 34.9 Å². The fraction of sp³-hybridized carbons (Fsp3) is 0.538. The fourth-order valence-electron chi connectivity index (χ4n) is 2.04. The Balaban J connectivity index is 1.94. The second-order valence-corrected chi connectivity index (χ2v) is 5.13. The summed E-state index contributed by atoms with van der Waals surface area (Å²) in [6, 6.07) is 8.61. The lowest BCUT2D eigenvalue weighted by Gasteiger charge is -2.34. The smallest absolute Gasteiger partial charge is 0.0406 e. The lowest BCUT2D eigenvalue weighted by Crippen LogP contribution is -2.47. The highest BCUT2D eigenvalue weighted by Crippen LogP contribution is 2.22. The summed E-state index contributed by atoms with van der Waals surface area (Å²) < 4.78 is 0. The first-order chi connectivity index (χ1) is 7.66. The Morgan fingerprint density at radius 2 is 2.00 bits per heavy atom. The maximum absolute atomic E-state index is 5.89. The van der Waals surface area contributed by atoms with Gasteiger partial charge in [0.2, 0.25) is 0 Å². The van der Waals surface area contributed by atoms with Crippen molar-refractivity contribution in [3.8, 4) is 0 Å². The van der Waals surface area contributed by atoms with Gasteiger partial charge in [0, 0.05) is 30.7 Å². The fourth-order valence-corrected chi connectivity index (χ4v) is 2.16. The predicted octanol–water partition coefficient (Wildman–Crippen LogP) is 2.55. The zero-order valence-electron chi connectivity index (χ0n) is 9.91. The van der Waals surface area contributed by atoms with E-state index in [2.05, 4.69) is 36.3 Å². The summed E-state index contributed by atoms with van der Waals surface area (Å²) >= 11 is 5.89. The van der Waals surface area contributed by atoms with Gasteiger partial charge < -0.3 is 5.32 Å². The second-order valence-electron chi connectivity index (χ2n) is 4.69. The van der Waals surface area contributed by atoms with Crippen molar-refractivity contribution in [2.75, 3.05) is 26.7 Å². The summed E-state index contributed by atoms with van der Waals surface area (Å²) in [5.74, 6) is 0.819. The van der Waals surface area contributed by atoms with Crippen LogP contribution in [0, 0.1) is 5.92 Å². The minimum atomic E-state index is 0.456. The van der Waals surface area contributed by atoms with E-state index in [0.717, 1.165) is 30.6 Å². The van der Waals surface area contributed by atoms with Crippen LogP contribution in [0.25, 0.3) is 0 Å². The Morgan fingerprint density at radius 3 is 2.50 bits per heavy atom. The molecule has 1 atom stereocenters. The molecule has 1 aromatic carbocycles. The van der Waals surface area contributed by atoms with E-state index in [1.807, 2.05) is 12.1 Å². The molecule has 1 unspecified atom stereocenters. The molecule has 0 spiro atoms. The van der Waals surface area contributed by atoms with Gasteiger partial charge in [-0.1, -0.05) is 23.7 Å². The van der Waals surface area contributed by atoms with Crippen LogP contribution >= 0.6 is 11.6 Å². The average Bonchev–Trinajstić information content (AvgIpc) is 2.23. The van der Waals surface area contributed by atoms with Gasteiger partial charge in [0.15, 0.2) is 0 Å². The molecule has 16 heavy (non-hydrogen) atoms. The molecule has 0 saturated carbocycles. The van der Waals surface area contributed by atoms with Gasteiger partial charge >= 0.3 is 0 Å². The third-order valence-corrected chi connectivity index (χ3v) is 3.68. The molecule has 1 saturated heterocycles. The minimum Gasteiger partial charge on any atom is -0.316 e. The van der Waals surface area contributed by atoms with E-state index in [4.69, 9.17) is 11.6 Å². The summed E-state index contributed by atoms with van der Waals surface area (Å²) in [5, 5.41) is 4.12. The Bertz CT molecular complexity index is 332. The van der Waals surface area contributed by atoms with Gasteiger partial charge in [-0.15, -0.1) is 0 Å². The summed E-state index contributed by atoms with van der Waals surface area (Å²) in [6.45, 7) is 5.74. The average molecular weight is 239 g/mol. The third kappa shape index (κ3) is 2.76. The largest absolute Gasteiger partial charge is 0.316 e. The van der Waals surface area contributed by atoms with E-state index < -0.39 is 0 Å². The van der Waals surface area contributed by atoms with Crippen molar-refractivity contribution in [2.24, 2.45) is 5.92 Å². The molecule has 0 amide bonds. The van der Waals surface area contributed by atoms with Crippen molar-refractivity contribution in [2.45, 2.75) is 13.0 Å². The summed E-state index contributed by atoms with van der Waals surface area (Å²) in [5.41, 5.74) is 1.33. The molecular weight excluding hydrogens is 220 g/mol. The topological polar surface area (TPSA) is 15.3 Å². The standard InChI is InChI=1S/C13H19ClN2/c1-10(12-3-5-13(14)6-4-12)16(2)9-11-7-15-8-11/h3-6,10-11,15H,7-9H2,1-2H3. The van der Waals surface area contributed by atoms with E-state index in [-0.39, 0.29) is 0 Å². The van der Waals surface area contributed by atoms with Crippen molar-refractivity contribution in [3.63, 3.8) is 0 Å².